The van der Waals surface area contributed by atoms with E-state index in [0.717, 1.165) is 31.6 Å². The van der Waals surface area contributed by atoms with Crippen LogP contribution in [-0.4, -0.2) is 32.0 Å². The Bertz CT molecular complexity index is 350. The summed E-state index contributed by atoms with van der Waals surface area (Å²) in [4.78, 5) is 0. The van der Waals surface area contributed by atoms with Crippen molar-refractivity contribution in [3.63, 3.8) is 0 Å². The van der Waals surface area contributed by atoms with E-state index in [9.17, 15) is 5.11 Å². The molecule has 0 bridgehead atoms. The van der Waals surface area contributed by atoms with E-state index in [-0.39, 0.29) is 6.61 Å². The Kier molecular flexibility index (Phi) is 4.84. The number of hydrogen-bond acceptors (Lipinski definition) is 4. The van der Waals surface area contributed by atoms with Crippen molar-refractivity contribution in [3.8, 4) is 11.5 Å². The quantitative estimate of drug-likeness (QED) is 0.870. The van der Waals surface area contributed by atoms with Crippen molar-refractivity contribution in [2.75, 3.05) is 26.9 Å². The van der Waals surface area contributed by atoms with E-state index >= 15 is 0 Å². The first kappa shape index (κ1) is 13.2. The molecular weight excluding hydrogens is 232 g/mol. The van der Waals surface area contributed by atoms with E-state index in [1.165, 1.54) is 0 Å². The minimum Gasteiger partial charge on any atom is -0.493 e. The lowest BCUT2D eigenvalue weighted by Gasteiger charge is -2.23. The van der Waals surface area contributed by atoms with Gasteiger partial charge in [0.05, 0.1) is 20.3 Å². The Balaban J connectivity index is 2.02. The monoisotopic (exact) mass is 252 g/mol. The molecule has 4 nitrogen and oxygen atoms in total. The molecule has 100 valence electrons. The highest BCUT2D eigenvalue weighted by Crippen LogP contribution is 2.32. The summed E-state index contributed by atoms with van der Waals surface area (Å²) in [6.07, 6.45) is 2.06. The molecule has 1 N–H and O–H groups in total. The molecule has 1 aliphatic heterocycles. The van der Waals surface area contributed by atoms with Crippen molar-refractivity contribution in [2.24, 2.45) is 5.92 Å². The number of aliphatic hydroxyl groups is 1. The fourth-order valence-electron chi connectivity index (χ4n) is 2.12. The van der Waals surface area contributed by atoms with Crippen molar-refractivity contribution in [2.45, 2.75) is 19.4 Å². The van der Waals surface area contributed by atoms with Gasteiger partial charge in [0.1, 0.15) is 0 Å². The first-order chi connectivity index (χ1) is 8.85. The number of rotatable bonds is 5. The molecule has 18 heavy (non-hydrogen) atoms. The van der Waals surface area contributed by atoms with Gasteiger partial charge in [0.2, 0.25) is 0 Å². The van der Waals surface area contributed by atoms with Gasteiger partial charge < -0.3 is 19.3 Å². The van der Waals surface area contributed by atoms with Crippen molar-refractivity contribution >= 4 is 0 Å². The molecule has 1 fully saturated rings. The van der Waals surface area contributed by atoms with Crippen LogP contribution in [0.4, 0.5) is 0 Å². The molecule has 1 heterocycles. The van der Waals surface area contributed by atoms with Gasteiger partial charge in [-0.15, -0.1) is 0 Å². The highest BCUT2D eigenvalue weighted by atomic mass is 16.5. The second kappa shape index (κ2) is 6.61. The summed E-state index contributed by atoms with van der Waals surface area (Å²) in [6.45, 7) is 2.23. The average molecular weight is 252 g/mol. The molecule has 1 aliphatic rings. The number of benzene rings is 1. The zero-order chi connectivity index (χ0) is 12.8. The summed E-state index contributed by atoms with van der Waals surface area (Å²) >= 11 is 0. The van der Waals surface area contributed by atoms with E-state index in [1.807, 2.05) is 18.2 Å². The van der Waals surface area contributed by atoms with Crippen LogP contribution in [0.15, 0.2) is 18.2 Å². The molecule has 1 aromatic carbocycles. The minimum absolute atomic E-state index is 0.0414. The Hall–Kier alpha value is -1.26. The van der Waals surface area contributed by atoms with Gasteiger partial charge in [0.25, 0.3) is 0 Å². The molecule has 0 saturated carbocycles. The number of aliphatic hydroxyl groups excluding tert-OH is 1. The summed E-state index contributed by atoms with van der Waals surface area (Å²) in [5, 5.41) is 9.32. The van der Waals surface area contributed by atoms with Crippen molar-refractivity contribution in [1.82, 2.24) is 0 Å². The van der Waals surface area contributed by atoms with Gasteiger partial charge in [0, 0.05) is 18.8 Å². The van der Waals surface area contributed by atoms with Gasteiger partial charge in [-0.3, -0.25) is 0 Å². The lowest BCUT2D eigenvalue weighted by atomic mass is 10.0. The van der Waals surface area contributed by atoms with Crippen LogP contribution in [0.3, 0.4) is 0 Å². The molecule has 0 aromatic heterocycles. The molecule has 1 saturated heterocycles. The predicted octanol–water partition coefficient (Wildman–Crippen LogP) is 1.99. The first-order valence-corrected chi connectivity index (χ1v) is 6.32. The van der Waals surface area contributed by atoms with Crippen LogP contribution in [0, 0.1) is 5.92 Å². The smallest absolute Gasteiger partial charge is 0.166 e. The fraction of sp³-hybridized carbons (Fsp3) is 0.571. The number of para-hydroxylation sites is 1. The summed E-state index contributed by atoms with van der Waals surface area (Å²) < 4.78 is 16.4. The zero-order valence-corrected chi connectivity index (χ0v) is 10.7. The molecule has 1 aromatic rings. The van der Waals surface area contributed by atoms with Gasteiger partial charge >= 0.3 is 0 Å². The van der Waals surface area contributed by atoms with Gasteiger partial charge in [-0.2, -0.15) is 0 Å². The van der Waals surface area contributed by atoms with Crippen LogP contribution < -0.4 is 9.47 Å². The SMILES string of the molecule is COc1cccc(CO)c1OCC1CCOCC1. The second-order valence-electron chi connectivity index (χ2n) is 4.47. The van der Waals surface area contributed by atoms with Crippen molar-refractivity contribution < 1.29 is 19.3 Å². The van der Waals surface area contributed by atoms with Gasteiger partial charge in [-0.25, -0.2) is 0 Å². The summed E-state index contributed by atoms with van der Waals surface area (Å²) in [6, 6.07) is 5.55. The van der Waals surface area contributed by atoms with Crippen LogP contribution in [-0.2, 0) is 11.3 Å². The zero-order valence-electron chi connectivity index (χ0n) is 10.7. The minimum atomic E-state index is -0.0414. The van der Waals surface area contributed by atoms with Crippen LogP contribution in [0.1, 0.15) is 18.4 Å². The van der Waals surface area contributed by atoms with Crippen molar-refractivity contribution in [3.05, 3.63) is 23.8 Å². The van der Waals surface area contributed by atoms with Crippen LogP contribution in [0.25, 0.3) is 0 Å². The maximum Gasteiger partial charge on any atom is 0.166 e. The molecule has 0 radical (unpaired) electrons. The lowest BCUT2D eigenvalue weighted by Crippen LogP contribution is -2.21. The largest absolute Gasteiger partial charge is 0.493 e. The standard InChI is InChI=1S/C14H20O4/c1-16-13-4-2-3-12(9-15)14(13)18-10-11-5-7-17-8-6-11/h2-4,11,15H,5-10H2,1H3. The third-order valence-electron chi connectivity index (χ3n) is 3.25. The average Bonchev–Trinajstić information content (AvgIpc) is 2.45. The lowest BCUT2D eigenvalue weighted by molar-refractivity contribution is 0.0490. The highest BCUT2D eigenvalue weighted by Gasteiger charge is 2.17. The predicted molar refractivity (Wildman–Crippen MR) is 68.0 cm³/mol. The number of hydrogen-bond donors (Lipinski definition) is 1. The molecule has 0 atom stereocenters. The van der Waals surface area contributed by atoms with Crippen LogP contribution in [0.2, 0.25) is 0 Å². The van der Waals surface area contributed by atoms with E-state index < -0.39 is 0 Å². The normalized spacial score (nSPS) is 16.6. The molecule has 0 aliphatic carbocycles. The summed E-state index contributed by atoms with van der Waals surface area (Å²) in [5.41, 5.74) is 0.765. The first-order valence-electron chi connectivity index (χ1n) is 6.32. The number of ether oxygens (including phenoxy) is 3. The van der Waals surface area contributed by atoms with Crippen LogP contribution in [0.5, 0.6) is 11.5 Å². The van der Waals surface area contributed by atoms with E-state index in [0.29, 0.717) is 24.0 Å². The second-order valence-corrected chi connectivity index (χ2v) is 4.47. The van der Waals surface area contributed by atoms with E-state index in [4.69, 9.17) is 14.2 Å². The topological polar surface area (TPSA) is 47.9 Å². The Morgan fingerprint density at radius 1 is 1.33 bits per heavy atom. The van der Waals surface area contributed by atoms with Crippen molar-refractivity contribution in [1.29, 1.82) is 0 Å². The molecule has 2 rings (SSSR count). The molecule has 0 amide bonds. The fourth-order valence-corrected chi connectivity index (χ4v) is 2.12. The van der Waals surface area contributed by atoms with Gasteiger partial charge in [0.15, 0.2) is 11.5 Å². The summed E-state index contributed by atoms with van der Waals surface area (Å²) in [5.74, 6) is 1.86. The number of methoxy groups -OCH3 is 1. The molecule has 4 heteroatoms. The van der Waals surface area contributed by atoms with E-state index in [2.05, 4.69) is 0 Å². The van der Waals surface area contributed by atoms with Crippen LogP contribution >= 0.6 is 0 Å². The molecule has 0 spiro atoms. The van der Waals surface area contributed by atoms with E-state index in [1.54, 1.807) is 7.11 Å². The molecular formula is C14H20O4. The maximum atomic E-state index is 9.32. The third-order valence-corrected chi connectivity index (χ3v) is 3.25. The Morgan fingerprint density at radius 2 is 2.11 bits per heavy atom. The highest BCUT2D eigenvalue weighted by molar-refractivity contribution is 5.46. The van der Waals surface area contributed by atoms with Gasteiger partial charge in [-0.05, 0) is 24.8 Å². The Labute approximate surface area is 107 Å². The third kappa shape index (κ3) is 3.15. The molecule has 0 unspecified atom stereocenters. The summed E-state index contributed by atoms with van der Waals surface area (Å²) in [7, 11) is 1.61. The maximum absolute atomic E-state index is 9.32. The van der Waals surface area contributed by atoms with Gasteiger partial charge in [-0.1, -0.05) is 12.1 Å². The Morgan fingerprint density at radius 3 is 2.78 bits per heavy atom.